The number of hydrogen-bond acceptors (Lipinski definition) is 6. The van der Waals surface area contributed by atoms with Crippen molar-refractivity contribution in [1.82, 2.24) is 4.90 Å². The lowest BCUT2D eigenvalue weighted by molar-refractivity contribution is -0.141. The fourth-order valence-corrected chi connectivity index (χ4v) is 9.41. The fourth-order valence-electron chi connectivity index (χ4n) is 7.03. The smallest absolute Gasteiger partial charge is 0.251 e. The van der Waals surface area contributed by atoms with Crippen molar-refractivity contribution in [2.75, 3.05) is 36.1 Å². The third-order valence-electron chi connectivity index (χ3n) is 8.84. The van der Waals surface area contributed by atoms with Crippen LogP contribution in [0.2, 0.25) is 5.02 Å². The van der Waals surface area contributed by atoms with Crippen LogP contribution in [0, 0.1) is 11.8 Å². The van der Waals surface area contributed by atoms with Crippen molar-refractivity contribution in [1.29, 1.82) is 0 Å². The molecule has 2 aromatic carbocycles. The number of halogens is 1. The number of amides is 3. The number of thioether (sulfide) groups is 1. The molecule has 0 aliphatic carbocycles. The summed E-state index contributed by atoms with van der Waals surface area (Å²) in [5.41, 5.74) is 1.27. The predicted octanol–water partition coefficient (Wildman–Crippen LogP) is 4.31. The number of aliphatic hydroxyl groups is 1. The summed E-state index contributed by atoms with van der Waals surface area (Å²) >= 11 is 8.04. The number of carbonyl (C=O) groups excluding carboxylic acids is 3. The van der Waals surface area contributed by atoms with Gasteiger partial charge < -0.3 is 24.5 Å². The molecule has 10 heteroatoms. The number of nitrogens with zero attached hydrogens (tertiary/aromatic N) is 3. The Morgan fingerprint density at radius 2 is 1.67 bits per heavy atom. The zero-order valence-electron chi connectivity index (χ0n) is 23.8. The second-order valence-corrected chi connectivity index (χ2v) is 13.6. The van der Waals surface area contributed by atoms with Gasteiger partial charge in [-0.1, -0.05) is 48.0 Å². The second-order valence-electron chi connectivity index (χ2n) is 11.4. The van der Waals surface area contributed by atoms with E-state index in [0.717, 1.165) is 0 Å². The molecular formula is C32H34ClN3O5S. The Morgan fingerprint density at radius 3 is 2.36 bits per heavy atom. The van der Waals surface area contributed by atoms with Gasteiger partial charge in [-0.25, -0.2) is 0 Å². The number of fused-ring (bicyclic) bond motifs is 2. The van der Waals surface area contributed by atoms with Crippen molar-refractivity contribution in [2.24, 2.45) is 11.8 Å². The average molecular weight is 608 g/mol. The topological polar surface area (TPSA) is 90.4 Å². The number of likely N-dealkylation sites (tertiary alicyclic amines) is 1. The molecule has 0 aromatic heterocycles. The molecule has 6 rings (SSSR count). The molecule has 1 spiro atoms. The van der Waals surface area contributed by atoms with Gasteiger partial charge in [0.1, 0.15) is 11.8 Å². The van der Waals surface area contributed by atoms with Gasteiger partial charge in [0.05, 0.1) is 46.5 Å². The van der Waals surface area contributed by atoms with E-state index in [1.807, 2.05) is 68.5 Å². The van der Waals surface area contributed by atoms with Crippen molar-refractivity contribution < 1.29 is 24.2 Å². The first-order valence-electron chi connectivity index (χ1n) is 14.3. The van der Waals surface area contributed by atoms with E-state index in [1.165, 1.54) is 16.7 Å². The number of ether oxygens (including phenoxy) is 1. The van der Waals surface area contributed by atoms with E-state index in [2.05, 4.69) is 0 Å². The van der Waals surface area contributed by atoms with Gasteiger partial charge in [0.2, 0.25) is 11.8 Å². The first kappa shape index (κ1) is 28.8. The van der Waals surface area contributed by atoms with Gasteiger partial charge in [-0.05, 0) is 57.2 Å². The molecule has 6 atom stereocenters. The molecular weight excluding hydrogens is 574 g/mol. The highest BCUT2D eigenvalue weighted by atomic mass is 35.5. The summed E-state index contributed by atoms with van der Waals surface area (Å²) < 4.78 is 3.83. The van der Waals surface area contributed by atoms with Crippen LogP contribution in [0.1, 0.15) is 20.8 Å². The summed E-state index contributed by atoms with van der Waals surface area (Å²) in [5, 5.41) is 10.6. The number of carbonyl (C=O) groups is 3. The Morgan fingerprint density at radius 1 is 0.976 bits per heavy atom. The third kappa shape index (κ3) is 4.28. The molecule has 4 aliphatic rings. The highest BCUT2D eigenvalue weighted by molar-refractivity contribution is 8.02. The van der Waals surface area contributed by atoms with Gasteiger partial charge in [0.15, 0.2) is 0 Å². The van der Waals surface area contributed by atoms with Crippen molar-refractivity contribution in [3.8, 4) is 5.75 Å². The summed E-state index contributed by atoms with van der Waals surface area (Å²) in [6.07, 6.45) is 7.88. The van der Waals surface area contributed by atoms with Crippen LogP contribution in [0.4, 0.5) is 11.4 Å². The monoisotopic (exact) mass is 607 g/mol. The first-order chi connectivity index (χ1) is 20.2. The summed E-state index contributed by atoms with van der Waals surface area (Å²) in [7, 11) is 0. The molecule has 2 fully saturated rings. The molecule has 1 unspecified atom stereocenters. The highest BCUT2D eigenvalue weighted by Crippen LogP contribution is 2.66. The van der Waals surface area contributed by atoms with Crippen LogP contribution in [0.5, 0.6) is 5.75 Å². The Kier molecular flexibility index (Phi) is 7.40. The maximum atomic E-state index is 14.5. The number of para-hydroxylation sites is 1. The summed E-state index contributed by atoms with van der Waals surface area (Å²) in [6.45, 7) is 6.50. The second kappa shape index (κ2) is 10.8. The number of anilines is 2. The maximum Gasteiger partial charge on any atom is 0.251 e. The maximum absolute atomic E-state index is 14.5. The van der Waals surface area contributed by atoms with Crippen LogP contribution in [0.25, 0.3) is 0 Å². The molecule has 4 aliphatic heterocycles. The number of aliphatic hydroxyl groups excluding tert-OH is 1. The molecule has 0 bridgehead atoms. The quantitative estimate of drug-likeness (QED) is 0.492. The molecule has 3 amide bonds. The molecule has 2 aromatic rings. The number of rotatable bonds is 6. The van der Waals surface area contributed by atoms with Crippen molar-refractivity contribution in [2.45, 2.75) is 42.3 Å². The molecule has 1 N–H and O–H groups in total. The van der Waals surface area contributed by atoms with E-state index in [0.29, 0.717) is 35.3 Å². The molecule has 220 valence electrons. The van der Waals surface area contributed by atoms with Gasteiger partial charge in [-0.3, -0.25) is 14.4 Å². The first-order valence-corrected chi connectivity index (χ1v) is 15.4. The van der Waals surface area contributed by atoms with Crippen LogP contribution in [0.3, 0.4) is 0 Å². The Bertz CT molecular complexity index is 1480. The lowest BCUT2D eigenvalue weighted by Gasteiger charge is -2.39. The van der Waals surface area contributed by atoms with Crippen LogP contribution in [-0.2, 0) is 14.4 Å². The van der Waals surface area contributed by atoms with Crippen LogP contribution < -0.4 is 14.5 Å². The molecule has 4 heterocycles. The van der Waals surface area contributed by atoms with Gasteiger partial charge in [-0.15, -0.1) is 11.8 Å². The largest absolute Gasteiger partial charge is 0.494 e. The van der Waals surface area contributed by atoms with Crippen molar-refractivity contribution in [3.63, 3.8) is 0 Å². The summed E-state index contributed by atoms with van der Waals surface area (Å²) in [6, 6.07) is 13.0. The lowest BCUT2D eigenvalue weighted by Crippen LogP contribution is -2.56. The Balaban J connectivity index is 1.45. The van der Waals surface area contributed by atoms with Gasteiger partial charge in [0, 0.05) is 23.5 Å². The molecule has 42 heavy (non-hydrogen) atoms. The lowest BCUT2D eigenvalue weighted by atomic mass is 9.74. The Labute approximate surface area is 254 Å². The summed E-state index contributed by atoms with van der Waals surface area (Å²) in [4.78, 5) is 48.4. The zero-order chi connectivity index (χ0) is 29.8. The molecule has 2 saturated heterocycles. The van der Waals surface area contributed by atoms with Crippen LogP contribution >= 0.6 is 23.4 Å². The predicted molar refractivity (Wildman–Crippen MR) is 165 cm³/mol. The Hall–Kier alpha value is -3.27. The number of hydrogen-bond donors (Lipinski definition) is 1. The van der Waals surface area contributed by atoms with Gasteiger partial charge in [0.25, 0.3) is 5.91 Å². The minimum atomic E-state index is -1.02. The van der Waals surface area contributed by atoms with Crippen molar-refractivity contribution >= 4 is 52.5 Å². The average Bonchev–Trinajstić information content (AvgIpc) is 3.25. The minimum Gasteiger partial charge on any atom is -0.494 e. The van der Waals surface area contributed by atoms with Crippen molar-refractivity contribution in [3.05, 3.63) is 77.9 Å². The molecule has 0 saturated carbocycles. The highest BCUT2D eigenvalue weighted by Gasteiger charge is 2.74. The molecule has 8 nitrogen and oxygen atoms in total. The fraction of sp³-hybridized carbons (Fsp3) is 0.406. The van der Waals surface area contributed by atoms with E-state index in [9.17, 15) is 19.5 Å². The van der Waals surface area contributed by atoms with E-state index < -0.39 is 33.4 Å². The van der Waals surface area contributed by atoms with Crippen LogP contribution in [-0.4, -0.2) is 75.6 Å². The minimum absolute atomic E-state index is 0.167. The zero-order valence-corrected chi connectivity index (χ0v) is 25.3. The van der Waals surface area contributed by atoms with E-state index in [1.54, 1.807) is 34.9 Å². The SMILES string of the molecule is CCOc1ccc(N2CC=C[C@@]3(C)S[C@]45C=CCN(c6ccccc6Cl)C(=O)C4N([C@H](C)CO)C(=O)[C@@H]5[C@H]3C2=O)cc1. The van der Waals surface area contributed by atoms with E-state index >= 15 is 0 Å². The normalized spacial score (nSPS) is 31.0. The van der Waals surface area contributed by atoms with Gasteiger partial charge >= 0.3 is 0 Å². The van der Waals surface area contributed by atoms with E-state index in [4.69, 9.17) is 16.3 Å². The molecule has 0 radical (unpaired) electrons. The van der Waals surface area contributed by atoms with Crippen LogP contribution in [0.15, 0.2) is 72.8 Å². The summed E-state index contributed by atoms with van der Waals surface area (Å²) in [5.74, 6) is -1.57. The van der Waals surface area contributed by atoms with E-state index in [-0.39, 0.29) is 30.9 Å². The number of benzene rings is 2. The standard InChI is InChI=1S/C32H34ClN3O5S/c1-4-41-22-13-11-21(12-14-22)34-17-7-15-31(3)25(28(34)38)26-29(39)36(20(2)19-37)27-30(40)35(18-8-16-32(26,27)42-31)24-10-6-5-9-23(24)33/h5-16,20,25-27,37H,4,17-19H2,1-3H3/t20-,25+,26+,27?,31-,32+/m1/s1. The third-order valence-corrected chi connectivity index (χ3v) is 11.0. The van der Waals surface area contributed by atoms with Gasteiger partial charge in [-0.2, -0.15) is 0 Å².